The third-order valence-electron chi connectivity index (χ3n) is 4.01. The molecule has 1 aromatic carbocycles. The Morgan fingerprint density at radius 2 is 2.04 bits per heavy atom. The largest absolute Gasteiger partial charge is 0.486 e. The maximum Gasteiger partial charge on any atom is 0.213 e. The smallest absolute Gasteiger partial charge is 0.213 e. The molecule has 0 fully saturated rings. The highest BCUT2D eigenvalue weighted by atomic mass is 19.1. The Labute approximate surface area is 160 Å². The van der Waals surface area contributed by atoms with Crippen molar-refractivity contribution in [2.45, 2.75) is 52.2 Å². The normalized spacial score (nSPS) is 13.3. The van der Waals surface area contributed by atoms with Gasteiger partial charge in [0.05, 0.1) is 19.3 Å². The van der Waals surface area contributed by atoms with Gasteiger partial charge in [0.1, 0.15) is 11.9 Å². The number of guanidine groups is 1. The number of rotatable bonds is 7. The minimum atomic E-state index is -0.364. The Bertz CT molecular complexity index is 752. The Hall–Kier alpha value is -2.57. The number of aliphatic imine (C=N–C) groups is 1. The van der Waals surface area contributed by atoms with Gasteiger partial charge in [0.25, 0.3) is 0 Å². The van der Waals surface area contributed by atoms with Crippen molar-refractivity contribution in [3.8, 4) is 5.75 Å². The Kier molecular flexibility index (Phi) is 7.21. The predicted octanol–water partition coefficient (Wildman–Crippen LogP) is 3.63. The van der Waals surface area contributed by atoms with Crippen LogP contribution in [0.5, 0.6) is 5.75 Å². The van der Waals surface area contributed by atoms with E-state index in [0.29, 0.717) is 24.9 Å². The molecule has 1 aromatic heterocycles. The van der Waals surface area contributed by atoms with Crippen molar-refractivity contribution in [3.63, 3.8) is 0 Å². The third kappa shape index (κ3) is 6.27. The molecular weight excluding hydrogens is 347 g/mol. The first-order valence-electron chi connectivity index (χ1n) is 9.14. The fraction of sp³-hybridized carbons (Fsp3) is 0.500. The number of benzene rings is 1. The van der Waals surface area contributed by atoms with Gasteiger partial charge in [-0.3, -0.25) is 4.99 Å². The van der Waals surface area contributed by atoms with Crippen LogP contribution in [0, 0.1) is 5.82 Å². The van der Waals surface area contributed by atoms with Crippen molar-refractivity contribution in [1.82, 2.24) is 15.6 Å². The van der Waals surface area contributed by atoms with Crippen molar-refractivity contribution in [1.29, 1.82) is 0 Å². The molecule has 6 nitrogen and oxygen atoms in total. The highest BCUT2D eigenvalue weighted by Gasteiger charge is 2.19. The second-order valence-electron chi connectivity index (χ2n) is 7.25. The molecule has 0 bridgehead atoms. The molecule has 0 radical (unpaired) electrons. The average molecular weight is 376 g/mol. The summed E-state index contributed by atoms with van der Waals surface area (Å²) in [4.78, 5) is 8.47. The van der Waals surface area contributed by atoms with Crippen LogP contribution in [0.4, 0.5) is 4.39 Å². The van der Waals surface area contributed by atoms with E-state index in [0.717, 1.165) is 12.2 Å². The predicted molar refractivity (Wildman–Crippen MR) is 105 cm³/mol. The van der Waals surface area contributed by atoms with Crippen molar-refractivity contribution < 1.29 is 13.5 Å². The number of nitrogens with zero attached hydrogens (tertiary/aromatic N) is 2. The minimum Gasteiger partial charge on any atom is -0.486 e. The zero-order chi connectivity index (χ0) is 19.9. The molecule has 2 N–H and O–H groups in total. The minimum absolute atomic E-state index is 0.0798. The summed E-state index contributed by atoms with van der Waals surface area (Å²) in [6, 6.07) is 6.40. The van der Waals surface area contributed by atoms with Crippen molar-refractivity contribution in [2.24, 2.45) is 4.99 Å². The lowest BCUT2D eigenvalue weighted by atomic mass is 9.94. The van der Waals surface area contributed by atoms with Gasteiger partial charge in [-0.05, 0) is 18.6 Å². The van der Waals surface area contributed by atoms with Gasteiger partial charge in [-0.15, -0.1) is 0 Å². The Balaban J connectivity index is 1.85. The van der Waals surface area contributed by atoms with Gasteiger partial charge in [0.15, 0.2) is 17.5 Å². The average Bonchev–Trinajstić information content (AvgIpc) is 3.11. The molecule has 2 aromatic rings. The number of aromatic nitrogens is 1. The molecule has 0 aliphatic rings. The molecule has 0 saturated heterocycles. The number of nitrogens with one attached hydrogen (secondary N) is 2. The van der Waals surface area contributed by atoms with E-state index in [1.165, 1.54) is 6.07 Å². The van der Waals surface area contributed by atoms with Gasteiger partial charge in [0, 0.05) is 12.5 Å². The first kappa shape index (κ1) is 20.7. The van der Waals surface area contributed by atoms with Crippen LogP contribution in [0.25, 0.3) is 0 Å². The quantitative estimate of drug-likeness (QED) is 0.570. The lowest BCUT2D eigenvalue weighted by Crippen LogP contribution is -2.42. The summed E-state index contributed by atoms with van der Waals surface area (Å²) >= 11 is 0. The van der Waals surface area contributed by atoms with Crippen LogP contribution in [0.15, 0.2) is 39.9 Å². The molecule has 0 aliphatic heterocycles. The van der Waals surface area contributed by atoms with E-state index in [9.17, 15) is 4.39 Å². The zero-order valence-electron chi connectivity index (χ0n) is 16.7. The number of hydrogen-bond donors (Lipinski definition) is 2. The number of hydrogen-bond acceptors (Lipinski definition) is 4. The van der Waals surface area contributed by atoms with Crippen LogP contribution in [-0.2, 0) is 12.0 Å². The van der Waals surface area contributed by atoms with Crippen molar-refractivity contribution in [2.75, 3.05) is 13.6 Å². The van der Waals surface area contributed by atoms with Crippen molar-refractivity contribution >= 4 is 5.96 Å². The molecule has 148 valence electrons. The highest BCUT2D eigenvalue weighted by Crippen LogP contribution is 2.22. The molecule has 1 unspecified atom stereocenters. The summed E-state index contributed by atoms with van der Waals surface area (Å²) in [6.45, 7) is 9.12. The van der Waals surface area contributed by atoms with E-state index in [1.54, 1.807) is 31.4 Å². The van der Waals surface area contributed by atoms with Gasteiger partial charge in [-0.1, -0.05) is 39.8 Å². The fourth-order valence-electron chi connectivity index (χ4n) is 2.32. The molecule has 0 spiro atoms. The van der Waals surface area contributed by atoms with Crippen molar-refractivity contribution in [3.05, 3.63) is 47.9 Å². The molecule has 0 saturated carbocycles. The van der Waals surface area contributed by atoms with E-state index in [1.807, 2.05) is 6.92 Å². The molecule has 27 heavy (non-hydrogen) atoms. The van der Waals surface area contributed by atoms with Gasteiger partial charge in [-0.2, -0.15) is 0 Å². The summed E-state index contributed by atoms with van der Waals surface area (Å²) in [5.74, 6) is 1.92. The summed E-state index contributed by atoms with van der Waals surface area (Å²) in [7, 11) is 1.68. The van der Waals surface area contributed by atoms with Gasteiger partial charge in [0.2, 0.25) is 5.89 Å². The number of halogens is 1. The molecular formula is C20H29FN4O2. The van der Waals surface area contributed by atoms with Crippen LogP contribution < -0.4 is 15.4 Å². The second-order valence-corrected chi connectivity index (χ2v) is 7.25. The van der Waals surface area contributed by atoms with E-state index in [-0.39, 0.29) is 23.1 Å². The number of ether oxygens (including phenoxy) is 1. The maximum atomic E-state index is 13.7. The lowest BCUT2D eigenvalue weighted by Gasteiger charge is -2.20. The van der Waals surface area contributed by atoms with Gasteiger partial charge >= 0.3 is 0 Å². The van der Waals surface area contributed by atoms with Crippen LogP contribution in [-0.4, -0.2) is 30.6 Å². The number of para-hydroxylation sites is 1. The number of oxazole rings is 1. The van der Waals surface area contributed by atoms with Crippen LogP contribution in [0.1, 0.15) is 45.8 Å². The molecule has 7 heteroatoms. The van der Waals surface area contributed by atoms with Gasteiger partial charge in [-0.25, -0.2) is 9.37 Å². The fourth-order valence-corrected chi connectivity index (χ4v) is 2.32. The highest BCUT2D eigenvalue weighted by molar-refractivity contribution is 5.79. The maximum absolute atomic E-state index is 13.7. The molecule has 0 aliphatic carbocycles. The lowest BCUT2D eigenvalue weighted by molar-refractivity contribution is 0.191. The SMILES string of the molecule is CCC(CNC(=NC)NCc1ncc(C(C)(C)C)o1)Oc1ccccc1F. The summed E-state index contributed by atoms with van der Waals surface area (Å²) in [6.07, 6.45) is 2.30. The zero-order valence-corrected chi connectivity index (χ0v) is 16.7. The van der Waals surface area contributed by atoms with E-state index in [2.05, 4.69) is 41.4 Å². The summed E-state index contributed by atoms with van der Waals surface area (Å²) < 4.78 is 25.2. The first-order valence-corrected chi connectivity index (χ1v) is 9.14. The molecule has 0 amide bonds. The topological polar surface area (TPSA) is 71.7 Å². The summed E-state index contributed by atoms with van der Waals surface area (Å²) in [5, 5.41) is 6.35. The van der Waals surface area contributed by atoms with E-state index < -0.39 is 0 Å². The first-order chi connectivity index (χ1) is 12.8. The van der Waals surface area contributed by atoms with Crippen LogP contribution in [0.2, 0.25) is 0 Å². The second kappa shape index (κ2) is 9.39. The Morgan fingerprint density at radius 1 is 1.30 bits per heavy atom. The molecule has 1 heterocycles. The standard InChI is InChI=1S/C20H29FN4O2/c1-6-14(26-16-10-8-7-9-15(16)21)11-24-19(22-5)25-13-18-23-12-17(27-18)20(2,3)4/h7-10,12,14H,6,11,13H2,1-5H3,(H2,22,24,25). The molecule has 2 rings (SSSR count). The van der Waals surface area contributed by atoms with E-state index in [4.69, 9.17) is 9.15 Å². The monoisotopic (exact) mass is 376 g/mol. The van der Waals surface area contributed by atoms with Gasteiger partial charge < -0.3 is 19.8 Å². The summed E-state index contributed by atoms with van der Waals surface area (Å²) in [5.41, 5.74) is -0.0798. The Morgan fingerprint density at radius 3 is 2.63 bits per heavy atom. The third-order valence-corrected chi connectivity index (χ3v) is 4.01. The van der Waals surface area contributed by atoms with Crippen LogP contribution >= 0.6 is 0 Å². The van der Waals surface area contributed by atoms with Crippen LogP contribution in [0.3, 0.4) is 0 Å². The van der Waals surface area contributed by atoms with E-state index >= 15 is 0 Å². The molecule has 1 atom stereocenters.